The Balaban J connectivity index is 2.79. The Morgan fingerprint density at radius 2 is 1.48 bits per heavy atom. The van der Waals surface area contributed by atoms with E-state index in [0.29, 0.717) is 5.56 Å². The highest BCUT2D eigenvalue weighted by atomic mass is 16.6. The largest absolute Gasteiger partial charge is 0.280 e. The summed E-state index contributed by atoms with van der Waals surface area (Å²) in [5.41, 5.74) is 0.897. The van der Waals surface area contributed by atoms with E-state index in [1.807, 2.05) is 13.8 Å². The first-order chi connectivity index (χ1) is 9.93. The summed E-state index contributed by atoms with van der Waals surface area (Å²) in [6.07, 6.45) is 0. The quantitative estimate of drug-likeness (QED) is 0.619. The lowest BCUT2D eigenvalue weighted by Crippen LogP contribution is -2.01. The molecule has 0 aliphatic rings. The van der Waals surface area contributed by atoms with Crippen LogP contribution in [0.4, 0.5) is 11.4 Å². The third kappa shape index (κ3) is 2.74. The van der Waals surface area contributed by atoms with E-state index in [2.05, 4.69) is 0 Å². The van der Waals surface area contributed by atoms with Crippen LogP contribution in [0.2, 0.25) is 0 Å². The first-order valence-electron chi connectivity index (χ1n) is 6.44. The highest BCUT2D eigenvalue weighted by Crippen LogP contribution is 2.39. The molecule has 0 unspecified atom stereocenters. The van der Waals surface area contributed by atoms with Crippen molar-refractivity contribution in [2.24, 2.45) is 0 Å². The Hall–Kier alpha value is -2.76. The summed E-state index contributed by atoms with van der Waals surface area (Å²) in [4.78, 5) is 21.6. The Kier molecular flexibility index (Phi) is 3.98. The molecule has 0 aliphatic carbocycles. The fourth-order valence-electron chi connectivity index (χ4n) is 2.31. The fraction of sp³-hybridized carbons (Fsp3) is 0.200. The second kappa shape index (κ2) is 5.70. The molecule has 6 heteroatoms. The van der Waals surface area contributed by atoms with Gasteiger partial charge in [-0.2, -0.15) is 0 Å². The smallest absolute Gasteiger partial charge is 0.258 e. The predicted octanol–water partition coefficient (Wildman–Crippen LogP) is 4.29. The molecule has 0 saturated carbocycles. The van der Waals surface area contributed by atoms with E-state index < -0.39 is 9.85 Å². The summed E-state index contributed by atoms with van der Waals surface area (Å²) in [6, 6.07) is 11.0. The first kappa shape index (κ1) is 14.6. The number of nitro benzene ring substituents is 2. The summed E-state index contributed by atoms with van der Waals surface area (Å²) in [5, 5.41) is 22.6. The molecule has 21 heavy (non-hydrogen) atoms. The van der Waals surface area contributed by atoms with Gasteiger partial charge >= 0.3 is 0 Å². The van der Waals surface area contributed by atoms with Gasteiger partial charge in [-0.3, -0.25) is 20.2 Å². The lowest BCUT2D eigenvalue weighted by molar-refractivity contribution is -0.386. The van der Waals surface area contributed by atoms with Gasteiger partial charge in [0.15, 0.2) is 0 Å². The highest BCUT2D eigenvalue weighted by Gasteiger charge is 2.26. The summed E-state index contributed by atoms with van der Waals surface area (Å²) in [6.45, 7) is 3.71. The molecule has 0 aromatic heterocycles. The molecular formula is C15H14N2O4. The van der Waals surface area contributed by atoms with Crippen LogP contribution in [0.5, 0.6) is 0 Å². The van der Waals surface area contributed by atoms with E-state index >= 15 is 0 Å². The third-order valence-corrected chi connectivity index (χ3v) is 3.26. The number of nitro groups is 2. The Morgan fingerprint density at radius 1 is 0.857 bits per heavy atom. The lowest BCUT2D eigenvalue weighted by atomic mass is 9.94. The maximum Gasteiger partial charge on any atom is 0.280 e. The van der Waals surface area contributed by atoms with Crippen LogP contribution in [0.3, 0.4) is 0 Å². The Bertz CT molecular complexity index is 711. The van der Waals surface area contributed by atoms with Crippen molar-refractivity contribution in [3.63, 3.8) is 0 Å². The van der Waals surface area contributed by atoms with Crippen LogP contribution in [-0.2, 0) is 0 Å². The van der Waals surface area contributed by atoms with Crippen LogP contribution < -0.4 is 0 Å². The molecule has 2 aromatic rings. The zero-order chi connectivity index (χ0) is 15.6. The molecule has 2 aromatic carbocycles. The van der Waals surface area contributed by atoms with Gasteiger partial charge in [0.05, 0.1) is 21.0 Å². The van der Waals surface area contributed by atoms with Crippen LogP contribution in [0.15, 0.2) is 42.5 Å². The van der Waals surface area contributed by atoms with Gasteiger partial charge < -0.3 is 0 Å². The van der Waals surface area contributed by atoms with Crippen molar-refractivity contribution in [2.45, 2.75) is 19.8 Å². The minimum Gasteiger partial charge on any atom is -0.258 e. The van der Waals surface area contributed by atoms with Crippen LogP contribution in [-0.4, -0.2) is 9.85 Å². The standard InChI is InChI=1S/C15H14N2O4/c1-10(2)11-7-5-8-13(15(11)17(20)21)12-6-3-4-9-14(12)16(18)19/h3-10H,1-2H3. The lowest BCUT2D eigenvalue weighted by Gasteiger charge is -2.10. The molecule has 108 valence electrons. The maximum absolute atomic E-state index is 11.4. The minimum absolute atomic E-state index is 0.0480. The number of hydrogen-bond acceptors (Lipinski definition) is 4. The molecule has 0 fully saturated rings. The van der Waals surface area contributed by atoms with Crippen LogP contribution in [0.25, 0.3) is 11.1 Å². The molecular weight excluding hydrogens is 272 g/mol. The van der Waals surface area contributed by atoms with Gasteiger partial charge in [0, 0.05) is 11.6 Å². The van der Waals surface area contributed by atoms with Gasteiger partial charge in [0.25, 0.3) is 11.4 Å². The van der Waals surface area contributed by atoms with Crippen molar-refractivity contribution >= 4 is 11.4 Å². The van der Waals surface area contributed by atoms with Gasteiger partial charge in [-0.1, -0.05) is 38.1 Å². The molecule has 0 amide bonds. The number of benzene rings is 2. The van der Waals surface area contributed by atoms with Gasteiger partial charge in [0.2, 0.25) is 0 Å². The third-order valence-electron chi connectivity index (χ3n) is 3.26. The first-order valence-corrected chi connectivity index (χ1v) is 6.44. The molecule has 0 spiro atoms. The van der Waals surface area contributed by atoms with Gasteiger partial charge in [-0.15, -0.1) is 0 Å². The topological polar surface area (TPSA) is 86.3 Å². The Labute approximate surface area is 121 Å². The zero-order valence-corrected chi connectivity index (χ0v) is 11.6. The van der Waals surface area contributed by atoms with Crippen molar-refractivity contribution in [3.05, 3.63) is 68.3 Å². The molecule has 0 radical (unpaired) electrons. The molecule has 0 atom stereocenters. The maximum atomic E-state index is 11.4. The van der Waals surface area contributed by atoms with E-state index in [9.17, 15) is 20.2 Å². The van der Waals surface area contributed by atoms with E-state index in [0.717, 1.165) is 0 Å². The molecule has 0 aliphatic heterocycles. The van der Waals surface area contributed by atoms with Crippen molar-refractivity contribution in [1.29, 1.82) is 0 Å². The molecule has 0 N–H and O–H groups in total. The molecule has 6 nitrogen and oxygen atoms in total. The molecule has 2 rings (SSSR count). The van der Waals surface area contributed by atoms with Gasteiger partial charge in [-0.05, 0) is 18.1 Å². The van der Waals surface area contributed by atoms with Crippen LogP contribution in [0.1, 0.15) is 25.3 Å². The second-order valence-corrected chi connectivity index (χ2v) is 4.93. The van der Waals surface area contributed by atoms with E-state index in [1.54, 1.807) is 30.3 Å². The summed E-state index contributed by atoms with van der Waals surface area (Å²) >= 11 is 0. The normalized spacial score (nSPS) is 10.6. The van der Waals surface area contributed by atoms with Gasteiger partial charge in [0.1, 0.15) is 0 Å². The monoisotopic (exact) mass is 286 g/mol. The van der Waals surface area contributed by atoms with Gasteiger partial charge in [-0.25, -0.2) is 0 Å². The Morgan fingerprint density at radius 3 is 2.05 bits per heavy atom. The second-order valence-electron chi connectivity index (χ2n) is 4.93. The zero-order valence-electron chi connectivity index (χ0n) is 11.6. The molecule has 0 saturated heterocycles. The number of nitrogens with zero attached hydrogens (tertiary/aromatic N) is 2. The minimum atomic E-state index is -0.527. The number of hydrogen-bond donors (Lipinski definition) is 0. The summed E-state index contributed by atoms with van der Waals surface area (Å²) in [7, 11) is 0. The predicted molar refractivity (Wildman–Crippen MR) is 79.3 cm³/mol. The van der Waals surface area contributed by atoms with E-state index in [4.69, 9.17) is 0 Å². The van der Waals surface area contributed by atoms with Crippen molar-refractivity contribution in [3.8, 4) is 11.1 Å². The van der Waals surface area contributed by atoms with Crippen molar-refractivity contribution < 1.29 is 9.85 Å². The van der Waals surface area contributed by atoms with Crippen LogP contribution in [0, 0.1) is 20.2 Å². The highest BCUT2D eigenvalue weighted by molar-refractivity contribution is 5.81. The average molecular weight is 286 g/mol. The molecule has 0 bridgehead atoms. The summed E-state index contributed by atoms with van der Waals surface area (Å²) in [5.74, 6) is -0.0480. The van der Waals surface area contributed by atoms with Crippen molar-refractivity contribution in [2.75, 3.05) is 0 Å². The average Bonchev–Trinajstić information content (AvgIpc) is 2.46. The van der Waals surface area contributed by atoms with E-state index in [1.165, 1.54) is 12.1 Å². The SMILES string of the molecule is CC(C)c1cccc(-c2ccccc2[N+](=O)[O-])c1[N+](=O)[O-]. The fourth-order valence-corrected chi connectivity index (χ4v) is 2.31. The number of rotatable bonds is 4. The van der Waals surface area contributed by atoms with Crippen LogP contribution >= 0.6 is 0 Å². The number of para-hydroxylation sites is 2. The van der Waals surface area contributed by atoms with Crippen molar-refractivity contribution in [1.82, 2.24) is 0 Å². The molecule has 0 heterocycles. The van der Waals surface area contributed by atoms with E-state index in [-0.39, 0.29) is 28.4 Å². The summed E-state index contributed by atoms with van der Waals surface area (Å²) < 4.78 is 0.